The molecular weight excluding hydrogens is 1330 g/mol. The van der Waals surface area contributed by atoms with Gasteiger partial charge in [-0.05, 0) is 71.8 Å². The minimum Gasteiger partial charge on any atom is -0.744 e. The number of aliphatic hydroxyl groups is 4. The number of nitrogens with one attached hydrogen (secondary N) is 4. The van der Waals surface area contributed by atoms with Crippen LogP contribution in [0.4, 0.5) is 58.4 Å². The molecule has 0 atom stereocenters. The summed E-state index contributed by atoms with van der Waals surface area (Å²) in [6.07, 6.45) is 1.87. The van der Waals surface area contributed by atoms with Gasteiger partial charge >= 0.3 is 177 Å². The summed E-state index contributed by atoms with van der Waals surface area (Å²) < 4.78 is 219. The largest absolute Gasteiger partial charge is 1.00 e. The molecule has 432 valence electrons. The van der Waals surface area contributed by atoms with Crippen LogP contribution in [0.2, 0.25) is 0 Å². The SMILES string of the molecule is O=S(=O)([O-])c1ccc(Nc2nc(Nc3ccc(C=Cc4ccc(Nc5nc(Nc6ccc(S(=O)(=O)[O-])cc6S(=O)(=O)[O-])nc(N(CCO)CCO)n5)cc4S(=O)(=O)[O-])c(S(=O)(=O)[O-])c3)nc(N(CCO)CCO)n2)c(S(=O)(=O)[O-])c1.[Na+].[Na+].[Na+].[Na+].[Na+].[Na+]. The molecule has 8 N–H and O–H groups in total. The topological polar surface area (TPSA) is 556 Å². The van der Waals surface area contributed by atoms with E-state index in [1.54, 1.807) is 0 Å². The summed E-state index contributed by atoms with van der Waals surface area (Å²) in [5, 5.41) is 48.6. The zero-order valence-corrected chi connectivity index (χ0v) is 62.8. The first-order chi connectivity index (χ1) is 37.2. The van der Waals surface area contributed by atoms with Crippen molar-refractivity contribution in [2.45, 2.75) is 29.4 Å². The summed E-state index contributed by atoms with van der Waals surface area (Å²) in [6, 6.07) is 9.25. The number of aromatic nitrogens is 6. The third-order valence-corrected chi connectivity index (χ3v) is 15.5. The molecule has 86 heavy (non-hydrogen) atoms. The van der Waals surface area contributed by atoms with Crippen molar-refractivity contribution < 1.29 is 276 Å². The van der Waals surface area contributed by atoms with Gasteiger partial charge in [0.25, 0.3) is 0 Å². The number of hydrogen-bond acceptors (Lipinski definition) is 34. The molecule has 6 aromatic rings. The fourth-order valence-electron chi connectivity index (χ4n) is 6.89. The standard InChI is InChI=1S/C40H44N12O22S6.6Na/c53-15-11-51(12-16-54)39-47-35(45-37(49-39)43-29-9-7-27(75(57,58)59)21-33(29)79(69,70)71)41-25-5-3-23(31(19-25)77(63,64)65)1-2-24-4-6-26(20-32(24)78(66,67)68)42-36-46-38(50-40(48-36)52(13-17-55)14-18-56)44-30-10-8-28(76(60,61)62)22-34(30)80(72,73)74;;;;;;/h1-10,19-22,53-56H,11-18H2,(H,57,58,59)(H,60,61,62)(H,63,64,65)(H,66,67,68)(H,69,70,71)(H,72,73,74)(H2,41,43,45,47,49)(H2,42,44,46,48,50);;;;;;/q;6*+1/p-6. The van der Waals surface area contributed by atoms with Crippen molar-refractivity contribution in [2.24, 2.45) is 0 Å². The van der Waals surface area contributed by atoms with Gasteiger partial charge in [-0.3, -0.25) is 0 Å². The minimum absolute atomic E-state index is 0. The number of rotatable bonds is 26. The van der Waals surface area contributed by atoms with E-state index < -0.39 is 163 Å². The first kappa shape index (κ1) is 84.7. The van der Waals surface area contributed by atoms with Crippen LogP contribution in [0.3, 0.4) is 0 Å². The Morgan fingerprint density at radius 1 is 0.360 bits per heavy atom. The van der Waals surface area contributed by atoms with Crippen LogP contribution in [0.1, 0.15) is 11.1 Å². The van der Waals surface area contributed by atoms with Gasteiger partial charge in [0, 0.05) is 37.6 Å². The van der Waals surface area contributed by atoms with E-state index in [0.717, 1.165) is 60.7 Å². The molecule has 0 saturated heterocycles. The third kappa shape index (κ3) is 24.0. The molecule has 34 nitrogen and oxygen atoms in total. The van der Waals surface area contributed by atoms with Gasteiger partial charge in [0.15, 0.2) is 0 Å². The second-order valence-corrected chi connectivity index (χ2v) is 24.0. The Labute approximate surface area is 624 Å². The average Bonchev–Trinajstić information content (AvgIpc) is 3.45. The van der Waals surface area contributed by atoms with Gasteiger partial charge in [0.05, 0.1) is 67.2 Å². The number of benzene rings is 4. The molecule has 0 unspecified atom stereocenters. The van der Waals surface area contributed by atoms with E-state index >= 15 is 0 Å². The Morgan fingerprint density at radius 2 is 0.640 bits per heavy atom. The van der Waals surface area contributed by atoms with E-state index in [-0.39, 0.29) is 239 Å². The van der Waals surface area contributed by atoms with Crippen LogP contribution in [0.15, 0.2) is 102 Å². The van der Waals surface area contributed by atoms with Crippen molar-refractivity contribution in [3.05, 3.63) is 83.9 Å². The Balaban J connectivity index is 0.0000120. The third-order valence-electron chi connectivity index (χ3n) is 10.3. The van der Waals surface area contributed by atoms with Crippen molar-refractivity contribution in [3.63, 3.8) is 0 Å². The molecule has 0 fully saturated rings. The summed E-state index contributed by atoms with van der Waals surface area (Å²) >= 11 is 0. The quantitative estimate of drug-likeness (QED) is 0.0142. The van der Waals surface area contributed by atoms with E-state index in [2.05, 4.69) is 51.2 Å². The minimum atomic E-state index is -5.51. The maximum Gasteiger partial charge on any atom is 1.00 e. The summed E-state index contributed by atoms with van der Waals surface area (Å²) in [5.41, 5.74) is -2.63. The van der Waals surface area contributed by atoms with Gasteiger partial charge < -0.3 is 78.8 Å². The molecular formula is C40H38N12Na6O22S6. The number of nitrogens with zero attached hydrogens (tertiary/aromatic N) is 8. The molecule has 6 rings (SSSR count). The summed E-state index contributed by atoms with van der Waals surface area (Å²) in [5.74, 6) is -2.99. The molecule has 0 aliphatic heterocycles. The van der Waals surface area contributed by atoms with Crippen LogP contribution in [0.25, 0.3) is 12.2 Å². The fourth-order valence-corrected chi connectivity index (χ4v) is 10.7. The van der Waals surface area contributed by atoms with Gasteiger partial charge in [0.1, 0.15) is 60.7 Å². The Kier molecular flexibility index (Phi) is 35.2. The van der Waals surface area contributed by atoms with Crippen LogP contribution in [-0.2, 0) is 60.7 Å². The van der Waals surface area contributed by atoms with Crippen molar-refractivity contribution in [1.29, 1.82) is 0 Å². The molecule has 2 heterocycles. The van der Waals surface area contributed by atoms with Gasteiger partial charge in [-0.15, -0.1) is 0 Å². The van der Waals surface area contributed by atoms with Crippen molar-refractivity contribution >= 4 is 131 Å². The Morgan fingerprint density at radius 3 is 0.895 bits per heavy atom. The smallest absolute Gasteiger partial charge is 0.744 e. The van der Waals surface area contributed by atoms with Gasteiger partial charge in [0.2, 0.25) is 35.7 Å². The molecule has 0 bridgehead atoms. The van der Waals surface area contributed by atoms with Gasteiger partial charge in [-0.2, -0.15) is 29.9 Å². The van der Waals surface area contributed by atoms with Crippen LogP contribution in [0, 0.1) is 0 Å². The zero-order valence-electron chi connectivity index (χ0n) is 45.9. The average molecular weight is 1370 g/mol. The number of hydrogen-bond donors (Lipinski definition) is 8. The van der Waals surface area contributed by atoms with Crippen LogP contribution in [-0.4, -0.2) is 181 Å². The van der Waals surface area contributed by atoms with E-state index in [4.69, 9.17) is 0 Å². The molecule has 0 saturated carbocycles. The maximum atomic E-state index is 12.7. The molecule has 0 aliphatic carbocycles. The summed E-state index contributed by atoms with van der Waals surface area (Å²) in [7, 11) is -32.5. The van der Waals surface area contributed by atoms with Crippen LogP contribution < -0.4 is 208 Å². The number of aliphatic hydroxyl groups excluding tert-OH is 4. The van der Waals surface area contributed by atoms with Crippen molar-refractivity contribution in [2.75, 3.05) is 83.7 Å². The molecule has 0 aliphatic rings. The van der Waals surface area contributed by atoms with E-state index in [1.807, 2.05) is 0 Å². The fraction of sp³-hybridized carbons (Fsp3) is 0.200. The zero-order chi connectivity index (χ0) is 59.2. The normalized spacial score (nSPS) is 11.7. The van der Waals surface area contributed by atoms with E-state index in [9.17, 15) is 98.2 Å². The molecule has 2 aromatic heterocycles. The first-order valence-corrected chi connectivity index (χ1v) is 30.2. The number of anilines is 10. The van der Waals surface area contributed by atoms with E-state index in [0.29, 0.717) is 12.1 Å². The van der Waals surface area contributed by atoms with Crippen LogP contribution in [0.5, 0.6) is 0 Å². The Bertz CT molecular complexity index is 3830. The molecule has 0 spiro atoms. The molecule has 0 amide bonds. The van der Waals surface area contributed by atoms with Crippen LogP contribution >= 0.6 is 0 Å². The Hall–Kier alpha value is -1.26. The molecule has 46 heteroatoms. The first-order valence-electron chi connectivity index (χ1n) is 21.7. The monoisotopic (exact) mass is 1370 g/mol. The van der Waals surface area contributed by atoms with Gasteiger partial charge in [-0.1, -0.05) is 24.3 Å². The molecule has 0 radical (unpaired) electrons. The summed E-state index contributed by atoms with van der Waals surface area (Å²) in [6.45, 7) is -3.15. The van der Waals surface area contributed by atoms with Crippen molar-refractivity contribution in [1.82, 2.24) is 29.9 Å². The van der Waals surface area contributed by atoms with Crippen molar-refractivity contribution in [3.8, 4) is 0 Å². The predicted molar refractivity (Wildman–Crippen MR) is 268 cm³/mol. The molecule has 4 aromatic carbocycles. The second-order valence-electron chi connectivity index (χ2n) is 15.8. The maximum absolute atomic E-state index is 12.7. The summed E-state index contributed by atoms with van der Waals surface area (Å²) in [4.78, 5) is 20.4. The van der Waals surface area contributed by atoms with E-state index in [1.165, 1.54) is 9.80 Å². The second kappa shape index (κ2) is 35.7. The van der Waals surface area contributed by atoms with Gasteiger partial charge in [-0.25, -0.2) is 50.5 Å². The predicted octanol–water partition coefficient (Wildman–Crippen LogP) is -19.8.